The van der Waals surface area contributed by atoms with Crippen LogP contribution < -0.4 is 15.2 Å². The minimum atomic E-state index is -0.502. The molecule has 0 unspecified atom stereocenters. The highest BCUT2D eigenvalue weighted by molar-refractivity contribution is 6.36. The van der Waals surface area contributed by atoms with E-state index >= 15 is 0 Å². The number of carbonyl (C=O) groups excluding carboxylic acids is 1. The summed E-state index contributed by atoms with van der Waals surface area (Å²) in [6, 6.07) is 21.6. The summed E-state index contributed by atoms with van der Waals surface area (Å²) in [5.41, 5.74) is 0.973. The van der Waals surface area contributed by atoms with Crippen LogP contribution in [0.5, 0.6) is 6.01 Å². The summed E-state index contributed by atoms with van der Waals surface area (Å²) in [4.78, 5) is 48.2. The van der Waals surface area contributed by atoms with E-state index in [1.165, 1.54) is 16.7 Å². The predicted octanol–water partition coefficient (Wildman–Crippen LogP) is 4.48. The third-order valence-electron chi connectivity index (χ3n) is 7.37. The fourth-order valence-electron chi connectivity index (χ4n) is 5.35. The topological polar surface area (TPSA) is 126 Å². The molecule has 3 aromatic carbocycles. The van der Waals surface area contributed by atoms with E-state index in [0.29, 0.717) is 46.5 Å². The molecule has 11 nitrogen and oxygen atoms in total. The van der Waals surface area contributed by atoms with E-state index in [9.17, 15) is 14.9 Å². The molecule has 5 aromatic rings. The second-order valence-corrected chi connectivity index (χ2v) is 10.4. The molecule has 0 amide bonds. The monoisotopic (exact) mass is 595 g/mol. The van der Waals surface area contributed by atoms with Gasteiger partial charge in [0, 0.05) is 18.5 Å². The maximum Gasteiger partial charge on any atom is 0.357 e. The minimum absolute atomic E-state index is 0.00234. The van der Waals surface area contributed by atoms with Crippen LogP contribution in [0.25, 0.3) is 27.5 Å². The fourth-order valence-corrected chi connectivity index (χ4v) is 5.63. The highest BCUT2D eigenvalue weighted by atomic mass is 35.5. The van der Waals surface area contributed by atoms with Gasteiger partial charge in [0.15, 0.2) is 11.3 Å². The van der Waals surface area contributed by atoms with Gasteiger partial charge in [-0.3, -0.25) is 9.36 Å². The van der Waals surface area contributed by atoms with Crippen LogP contribution in [0.4, 0.5) is 5.82 Å². The summed E-state index contributed by atoms with van der Waals surface area (Å²) in [6.45, 7) is 2.70. The van der Waals surface area contributed by atoms with Crippen molar-refractivity contribution in [3.8, 4) is 17.8 Å². The molecular formula is C31H26ClN7O4. The number of rotatable bonds is 6. The number of aryl methyl sites for hydroxylation is 1. The molecule has 0 radical (unpaired) electrons. The molecule has 1 atom stereocenters. The zero-order valence-electron chi connectivity index (χ0n) is 23.4. The quantitative estimate of drug-likeness (QED) is 0.277. The maximum absolute atomic E-state index is 14.1. The Kier molecular flexibility index (Phi) is 7.63. The number of anilines is 1. The summed E-state index contributed by atoms with van der Waals surface area (Å²) in [6.07, 6.45) is 0.0970. The van der Waals surface area contributed by atoms with Gasteiger partial charge in [-0.2, -0.15) is 15.2 Å². The summed E-state index contributed by atoms with van der Waals surface area (Å²) in [5.74, 6) is 0.309. The Bertz CT molecular complexity index is 1950. The van der Waals surface area contributed by atoms with Crippen molar-refractivity contribution < 1.29 is 14.4 Å². The van der Waals surface area contributed by atoms with Crippen LogP contribution in [0, 0.1) is 18.3 Å². The molecule has 3 heterocycles. The van der Waals surface area contributed by atoms with Gasteiger partial charge < -0.3 is 14.5 Å². The first-order valence-electron chi connectivity index (χ1n) is 13.6. The van der Waals surface area contributed by atoms with Gasteiger partial charge in [0.05, 0.1) is 48.5 Å². The lowest BCUT2D eigenvalue weighted by molar-refractivity contribution is -0.140. The van der Waals surface area contributed by atoms with E-state index in [0.717, 1.165) is 10.8 Å². The third kappa shape index (κ3) is 5.22. The van der Waals surface area contributed by atoms with Crippen molar-refractivity contribution in [2.75, 3.05) is 31.6 Å². The van der Waals surface area contributed by atoms with E-state index in [-0.39, 0.29) is 24.5 Å². The predicted molar refractivity (Wildman–Crippen MR) is 162 cm³/mol. The van der Waals surface area contributed by atoms with Gasteiger partial charge in [-0.1, -0.05) is 54.1 Å². The molecule has 12 heteroatoms. The highest BCUT2D eigenvalue weighted by Crippen LogP contribution is 2.31. The number of fused-ring (bicyclic) bond motifs is 2. The first kappa shape index (κ1) is 28.1. The SMILES string of the molecule is COc1nc(N2CCN(OC(=O)c3ccccc3)[C@@H](CC#N)C2)c2nc(C)n(-c3cccc4cccc(Cl)c34)c(=O)c2n1. The molecule has 43 heavy (non-hydrogen) atoms. The molecule has 216 valence electrons. The Morgan fingerprint density at radius 3 is 2.53 bits per heavy atom. The van der Waals surface area contributed by atoms with Crippen molar-refractivity contribution in [1.29, 1.82) is 5.26 Å². The van der Waals surface area contributed by atoms with Gasteiger partial charge in [0.2, 0.25) is 0 Å². The van der Waals surface area contributed by atoms with Gasteiger partial charge in [0.1, 0.15) is 11.3 Å². The standard InChI is InChI=1S/C31H26ClN7O4/c1-19-34-26-27(29(40)39(19)24-13-7-11-20-10-6-12-23(32)25(20)24)35-31(42-2)36-28(26)37-16-17-38(22(18-37)14-15-33)43-30(41)21-8-4-3-5-9-21/h3-13,22H,14,16-18H2,1-2H3/t22-/m0/s1. The normalized spacial score (nSPS) is 15.4. The van der Waals surface area contributed by atoms with Crippen LogP contribution in [0.2, 0.25) is 5.02 Å². The van der Waals surface area contributed by atoms with Gasteiger partial charge >= 0.3 is 12.0 Å². The lowest BCUT2D eigenvalue weighted by Gasteiger charge is -2.39. The summed E-state index contributed by atoms with van der Waals surface area (Å²) in [7, 11) is 1.43. The van der Waals surface area contributed by atoms with Crippen LogP contribution in [-0.4, -0.2) is 63.3 Å². The summed E-state index contributed by atoms with van der Waals surface area (Å²) < 4.78 is 6.89. The molecule has 0 aliphatic carbocycles. The first-order valence-corrected chi connectivity index (χ1v) is 14.0. The fraction of sp³-hybridized carbons (Fsp3) is 0.226. The van der Waals surface area contributed by atoms with Crippen molar-refractivity contribution in [3.05, 3.63) is 93.5 Å². The van der Waals surface area contributed by atoms with Crippen molar-refractivity contribution in [2.24, 2.45) is 0 Å². The lowest BCUT2D eigenvalue weighted by atomic mass is 10.1. The molecule has 1 fully saturated rings. The number of nitriles is 1. The number of benzene rings is 3. The smallest absolute Gasteiger partial charge is 0.357 e. The Morgan fingerprint density at radius 2 is 1.79 bits per heavy atom. The van der Waals surface area contributed by atoms with Crippen molar-refractivity contribution in [2.45, 2.75) is 19.4 Å². The Hall–Kier alpha value is -5.05. The second kappa shape index (κ2) is 11.7. The van der Waals surface area contributed by atoms with E-state index in [1.807, 2.05) is 41.3 Å². The molecule has 0 spiro atoms. The molecule has 2 aromatic heterocycles. The number of piperazine rings is 1. The molecule has 0 N–H and O–H groups in total. The largest absolute Gasteiger partial charge is 0.467 e. The number of nitrogens with zero attached hydrogens (tertiary/aromatic N) is 7. The van der Waals surface area contributed by atoms with Gasteiger partial charge in [-0.15, -0.1) is 5.06 Å². The number of hydrogen-bond acceptors (Lipinski definition) is 10. The lowest BCUT2D eigenvalue weighted by Crippen LogP contribution is -2.54. The molecule has 1 aliphatic heterocycles. The minimum Gasteiger partial charge on any atom is -0.467 e. The molecule has 1 saturated heterocycles. The van der Waals surface area contributed by atoms with Crippen LogP contribution in [0.1, 0.15) is 22.6 Å². The van der Waals surface area contributed by atoms with Crippen molar-refractivity contribution in [3.63, 3.8) is 0 Å². The van der Waals surface area contributed by atoms with Gasteiger partial charge in [-0.25, -0.2) is 9.78 Å². The third-order valence-corrected chi connectivity index (χ3v) is 7.68. The summed E-state index contributed by atoms with van der Waals surface area (Å²) >= 11 is 6.58. The van der Waals surface area contributed by atoms with E-state index in [1.54, 1.807) is 37.3 Å². The van der Waals surface area contributed by atoms with Crippen molar-refractivity contribution >= 4 is 45.2 Å². The second-order valence-electron chi connectivity index (χ2n) is 9.99. The number of hydroxylamine groups is 2. The molecule has 0 saturated carbocycles. The van der Waals surface area contributed by atoms with E-state index in [2.05, 4.69) is 16.0 Å². The number of hydrogen-bond donors (Lipinski definition) is 0. The number of aromatic nitrogens is 4. The Balaban J connectivity index is 1.41. The van der Waals surface area contributed by atoms with E-state index < -0.39 is 17.6 Å². The molecular weight excluding hydrogens is 570 g/mol. The van der Waals surface area contributed by atoms with Crippen LogP contribution in [-0.2, 0) is 4.84 Å². The number of halogens is 1. The van der Waals surface area contributed by atoms with E-state index in [4.69, 9.17) is 26.2 Å². The zero-order valence-corrected chi connectivity index (χ0v) is 24.2. The first-order chi connectivity index (χ1) is 20.9. The summed E-state index contributed by atoms with van der Waals surface area (Å²) in [5, 5.41) is 13.2. The zero-order chi connectivity index (χ0) is 30.1. The maximum atomic E-state index is 14.1. The van der Waals surface area contributed by atoms with Crippen LogP contribution >= 0.6 is 11.6 Å². The average Bonchev–Trinajstić information content (AvgIpc) is 3.02. The average molecular weight is 596 g/mol. The van der Waals surface area contributed by atoms with Crippen molar-refractivity contribution in [1.82, 2.24) is 24.6 Å². The van der Waals surface area contributed by atoms with Gasteiger partial charge in [0.25, 0.3) is 5.56 Å². The number of ether oxygens (including phenoxy) is 1. The van der Waals surface area contributed by atoms with Crippen LogP contribution in [0.15, 0.2) is 71.5 Å². The Morgan fingerprint density at radius 1 is 1.02 bits per heavy atom. The Labute approximate surface area is 251 Å². The number of carbonyl (C=O) groups is 1. The molecule has 0 bridgehead atoms. The van der Waals surface area contributed by atoms with Crippen LogP contribution in [0.3, 0.4) is 0 Å². The number of methoxy groups -OCH3 is 1. The molecule has 1 aliphatic rings. The van der Waals surface area contributed by atoms with Gasteiger partial charge in [-0.05, 0) is 36.6 Å². The highest BCUT2D eigenvalue weighted by Gasteiger charge is 2.33. The molecule has 6 rings (SSSR count).